The second-order valence-electron chi connectivity index (χ2n) is 3.77. The Hall–Kier alpha value is -1.12. The van der Waals surface area contributed by atoms with Crippen LogP contribution in [-0.2, 0) is 0 Å². The molecular formula is C11H16N3. The Balaban J connectivity index is 1.95. The maximum Gasteiger partial charge on any atom is 0.129 e. The molecule has 1 aliphatic carbocycles. The summed E-state index contributed by atoms with van der Waals surface area (Å²) in [7, 11) is 0. The third-order valence-corrected chi connectivity index (χ3v) is 2.57. The maximum absolute atomic E-state index is 4.33. The van der Waals surface area contributed by atoms with Gasteiger partial charge in [-0.1, -0.05) is 0 Å². The SMILES string of the molecule is Cc1nccc(NC2CC[CH]CC2)n1. The van der Waals surface area contributed by atoms with E-state index in [0.29, 0.717) is 6.04 Å². The van der Waals surface area contributed by atoms with Gasteiger partial charge in [-0.3, -0.25) is 0 Å². The minimum absolute atomic E-state index is 0.592. The van der Waals surface area contributed by atoms with Crippen molar-refractivity contribution in [2.45, 2.75) is 38.6 Å². The highest BCUT2D eigenvalue weighted by Gasteiger charge is 2.13. The molecule has 14 heavy (non-hydrogen) atoms. The highest BCUT2D eigenvalue weighted by Crippen LogP contribution is 2.19. The van der Waals surface area contributed by atoms with Crippen LogP contribution < -0.4 is 5.32 Å². The van der Waals surface area contributed by atoms with Crippen molar-refractivity contribution in [3.05, 3.63) is 24.5 Å². The molecule has 0 aromatic carbocycles. The molecule has 3 heteroatoms. The number of hydrogen-bond acceptors (Lipinski definition) is 3. The van der Waals surface area contributed by atoms with Gasteiger partial charge in [-0.05, 0) is 45.1 Å². The van der Waals surface area contributed by atoms with Crippen LogP contribution >= 0.6 is 0 Å². The fourth-order valence-corrected chi connectivity index (χ4v) is 1.82. The molecule has 0 bridgehead atoms. The molecule has 0 unspecified atom stereocenters. The van der Waals surface area contributed by atoms with Crippen molar-refractivity contribution in [3.8, 4) is 0 Å². The van der Waals surface area contributed by atoms with Gasteiger partial charge in [0.2, 0.25) is 0 Å². The van der Waals surface area contributed by atoms with Crippen molar-refractivity contribution in [3.63, 3.8) is 0 Å². The zero-order valence-electron chi connectivity index (χ0n) is 8.53. The molecule has 1 radical (unpaired) electrons. The number of anilines is 1. The van der Waals surface area contributed by atoms with E-state index < -0.39 is 0 Å². The second kappa shape index (κ2) is 4.40. The van der Waals surface area contributed by atoms with Gasteiger partial charge in [0.1, 0.15) is 11.6 Å². The lowest BCUT2D eigenvalue weighted by Crippen LogP contribution is -2.23. The molecule has 2 rings (SSSR count). The van der Waals surface area contributed by atoms with Crippen LogP contribution in [0.5, 0.6) is 0 Å². The quantitative estimate of drug-likeness (QED) is 0.777. The lowest BCUT2D eigenvalue weighted by molar-refractivity contribution is 0.533. The van der Waals surface area contributed by atoms with Crippen molar-refractivity contribution >= 4 is 5.82 Å². The van der Waals surface area contributed by atoms with Crippen LogP contribution in [0.2, 0.25) is 0 Å². The summed E-state index contributed by atoms with van der Waals surface area (Å²) in [6, 6.07) is 2.53. The van der Waals surface area contributed by atoms with Crippen LogP contribution in [-0.4, -0.2) is 16.0 Å². The van der Waals surface area contributed by atoms with E-state index in [9.17, 15) is 0 Å². The minimum atomic E-state index is 0.592. The molecule has 1 fully saturated rings. The number of nitrogens with one attached hydrogen (secondary N) is 1. The molecule has 1 aliphatic rings. The average Bonchev–Trinajstić information content (AvgIpc) is 2.19. The van der Waals surface area contributed by atoms with Crippen molar-refractivity contribution in [2.24, 2.45) is 0 Å². The maximum atomic E-state index is 4.33. The fraction of sp³-hybridized carbons (Fsp3) is 0.545. The molecule has 1 aromatic heterocycles. The van der Waals surface area contributed by atoms with Gasteiger partial charge in [-0.15, -0.1) is 0 Å². The Labute approximate surface area is 85.0 Å². The van der Waals surface area contributed by atoms with Crippen molar-refractivity contribution in [1.82, 2.24) is 9.97 Å². The van der Waals surface area contributed by atoms with Gasteiger partial charge in [-0.2, -0.15) is 0 Å². The van der Waals surface area contributed by atoms with E-state index in [1.807, 2.05) is 13.0 Å². The van der Waals surface area contributed by atoms with Gasteiger partial charge in [0.25, 0.3) is 0 Å². The Morgan fingerprint density at radius 1 is 1.36 bits per heavy atom. The standard InChI is InChI=1S/C11H16N3/c1-9-12-8-7-11(13-9)14-10-5-3-2-4-6-10/h2,7-8,10H,3-6H2,1H3,(H,12,13,14). The first-order valence-corrected chi connectivity index (χ1v) is 5.22. The molecule has 1 heterocycles. The van der Waals surface area contributed by atoms with Crippen molar-refractivity contribution in [2.75, 3.05) is 5.32 Å². The van der Waals surface area contributed by atoms with Crippen LogP contribution in [0.1, 0.15) is 31.5 Å². The van der Waals surface area contributed by atoms with E-state index in [4.69, 9.17) is 0 Å². The molecule has 0 saturated heterocycles. The second-order valence-corrected chi connectivity index (χ2v) is 3.77. The summed E-state index contributed by atoms with van der Waals surface area (Å²) < 4.78 is 0. The van der Waals surface area contributed by atoms with Crippen LogP contribution in [0.3, 0.4) is 0 Å². The summed E-state index contributed by atoms with van der Waals surface area (Å²) in [6.45, 7) is 1.92. The zero-order valence-corrected chi connectivity index (χ0v) is 8.53. The lowest BCUT2D eigenvalue weighted by atomic mass is 9.95. The monoisotopic (exact) mass is 190 g/mol. The molecule has 1 N–H and O–H groups in total. The molecule has 0 amide bonds. The number of nitrogens with zero attached hydrogens (tertiary/aromatic N) is 2. The van der Waals surface area contributed by atoms with Gasteiger partial charge in [0.05, 0.1) is 0 Å². The van der Waals surface area contributed by atoms with E-state index >= 15 is 0 Å². The van der Waals surface area contributed by atoms with Gasteiger partial charge in [-0.25, -0.2) is 9.97 Å². The third kappa shape index (κ3) is 2.44. The molecular weight excluding hydrogens is 174 g/mol. The van der Waals surface area contributed by atoms with Crippen molar-refractivity contribution < 1.29 is 0 Å². The summed E-state index contributed by atoms with van der Waals surface area (Å²) in [5, 5.41) is 3.45. The average molecular weight is 190 g/mol. The van der Waals surface area contributed by atoms with Crippen LogP contribution in [0.25, 0.3) is 0 Å². The van der Waals surface area contributed by atoms with E-state index in [2.05, 4.69) is 21.7 Å². The largest absolute Gasteiger partial charge is 0.367 e. The molecule has 0 spiro atoms. The van der Waals surface area contributed by atoms with Gasteiger partial charge in [0, 0.05) is 12.2 Å². The summed E-state index contributed by atoms with van der Waals surface area (Å²) in [4.78, 5) is 8.41. The van der Waals surface area contributed by atoms with E-state index in [0.717, 1.165) is 11.6 Å². The Kier molecular flexibility index (Phi) is 2.96. The highest BCUT2D eigenvalue weighted by atomic mass is 15.0. The molecule has 3 nitrogen and oxygen atoms in total. The zero-order chi connectivity index (χ0) is 9.80. The Bertz CT molecular complexity index is 292. The first-order chi connectivity index (χ1) is 6.84. The predicted octanol–water partition coefficient (Wildman–Crippen LogP) is 2.34. The van der Waals surface area contributed by atoms with Crippen LogP contribution in [0.15, 0.2) is 12.3 Å². The van der Waals surface area contributed by atoms with Gasteiger partial charge >= 0.3 is 0 Å². The first kappa shape index (κ1) is 9.44. The van der Waals surface area contributed by atoms with Crippen LogP contribution in [0, 0.1) is 13.3 Å². The Morgan fingerprint density at radius 2 is 2.14 bits per heavy atom. The predicted molar refractivity (Wildman–Crippen MR) is 56.9 cm³/mol. The number of aromatic nitrogens is 2. The summed E-state index contributed by atoms with van der Waals surface area (Å²) >= 11 is 0. The first-order valence-electron chi connectivity index (χ1n) is 5.22. The normalized spacial score (nSPS) is 18.1. The molecule has 1 saturated carbocycles. The summed E-state index contributed by atoms with van der Waals surface area (Å²) in [6.07, 6.45) is 9.07. The molecule has 0 aliphatic heterocycles. The summed E-state index contributed by atoms with van der Waals surface area (Å²) in [5.74, 6) is 1.79. The minimum Gasteiger partial charge on any atom is -0.367 e. The van der Waals surface area contributed by atoms with E-state index in [-0.39, 0.29) is 0 Å². The summed E-state index contributed by atoms with van der Waals surface area (Å²) in [5.41, 5.74) is 0. The Morgan fingerprint density at radius 3 is 2.86 bits per heavy atom. The van der Waals surface area contributed by atoms with E-state index in [1.54, 1.807) is 6.20 Å². The molecule has 1 aromatic rings. The highest BCUT2D eigenvalue weighted by molar-refractivity contribution is 5.34. The topological polar surface area (TPSA) is 37.8 Å². The third-order valence-electron chi connectivity index (χ3n) is 2.57. The van der Waals surface area contributed by atoms with Gasteiger partial charge < -0.3 is 5.32 Å². The number of rotatable bonds is 2. The lowest BCUT2D eigenvalue weighted by Gasteiger charge is -2.23. The van der Waals surface area contributed by atoms with Crippen LogP contribution in [0.4, 0.5) is 5.82 Å². The molecule has 0 atom stereocenters. The fourth-order valence-electron chi connectivity index (χ4n) is 1.82. The van der Waals surface area contributed by atoms with Gasteiger partial charge in [0.15, 0.2) is 0 Å². The smallest absolute Gasteiger partial charge is 0.129 e. The van der Waals surface area contributed by atoms with Crippen molar-refractivity contribution in [1.29, 1.82) is 0 Å². The van der Waals surface area contributed by atoms with E-state index in [1.165, 1.54) is 25.7 Å². The number of hydrogen-bond donors (Lipinski definition) is 1. The molecule has 75 valence electrons. The number of aryl methyl sites for hydroxylation is 1.